The summed E-state index contributed by atoms with van der Waals surface area (Å²) in [6.07, 6.45) is 8.26. The first kappa shape index (κ1) is 18.1. The van der Waals surface area contributed by atoms with Crippen molar-refractivity contribution in [2.75, 3.05) is 23.4 Å². The molecule has 0 spiro atoms. The summed E-state index contributed by atoms with van der Waals surface area (Å²) in [7, 11) is 1.83. The smallest absolute Gasteiger partial charge is 0.332 e. The summed E-state index contributed by atoms with van der Waals surface area (Å²) in [6, 6.07) is 6.45. The van der Waals surface area contributed by atoms with E-state index in [4.69, 9.17) is 4.98 Å². The molecule has 3 N–H and O–H groups in total. The molecule has 0 radical (unpaired) electrons. The third-order valence-electron chi connectivity index (χ3n) is 6.16. The number of aromatic nitrogens is 4. The molecule has 150 valence electrons. The number of hydrogen-bond donors (Lipinski definition) is 2. The number of quaternary nitrogens is 1. The van der Waals surface area contributed by atoms with Crippen molar-refractivity contribution in [1.29, 1.82) is 0 Å². The van der Waals surface area contributed by atoms with Crippen LogP contribution in [0, 0.1) is 5.92 Å². The number of benzene rings is 1. The maximum Gasteiger partial charge on any atom is 0.332 e. The Morgan fingerprint density at radius 3 is 2.86 bits per heavy atom. The summed E-state index contributed by atoms with van der Waals surface area (Å²) >= 11 is 0. The number of para-hydroxylation sites is 1. The predicted molar refractivity (Wildman–Crippen MR) is 112 cm³/mol. The molecule has 8 heteroatoms. The van der Waals surface area contributed by atoms with E-state index in [1.54, 1.807) is 17.4 Å². The molecule has 3 aromatic rings. The lowest BCUT2D eigenvalue weighted by Gasteiger charge is -2.30. The molecule has 3 heterocycles. The van der Waals surface area contributed by atoms with Gasteiger partial charge in [-0.15, -0.1) is 0 Å². The van der Waals surface area contributed by atoms with Gasteiger partial charge in [0, 0.05) is 25.7 Å². The Labute approximate surface area is 169 Å². The lowest BCUT2D eigenvalue weighted by molar-refractivity contribution is -0.485. The van der Waals surface area contributed by atoms with Crippen molar-refractivity contribution in [3.05, 3.63) is 30.7 Å². The normalized spacial score (nSPS) is 20.3. The summed E-state index contributed by atoms with van der Waals surface area (Å²) in [5.74, 6) is 1.55. The summed E-state index contributed by atoms with van der Waals surface area (Å²) < 4.78 is 0. The molecule has 29 heavy (non-hydrogen) atoms. The van der Waals surface area contributed by atoms with Crippen LogP contribution < -0.4 is 15.1 Å². The predicted octanol–water partition coefficient (Wildman–Crippen LogP) is 2.24. The van der Waals surface area contributed by atoms with Crippen LogP contribution in [0.2, 0.25) is 0 Å². The summed E-state index contributed by atoms with van der Waals surface area (Å²) in [5.41, 5.74) is 3.66. The van der Waals surface area contributed by atoms with E-state index < -0.39 is 0 Å². The van der Waals surface area contributed by atoms with Crippen molar-refractivity contribution >= 4 is 40.1 Å². The van der Waals surface area contributed by atoms with Gasteiger partial charge in [-0.05, 0) is 18.9 Å². The van der Waals surface area contributed by atoms with Gasteiger partial charge < -0.3 is 14.8 Å². The summed E-state index contributed by atoms with van der Waals surface area (Å²) in [4.78, 5) is 33.9. The Bertz CT molecular complexity index is 1060. The number of imidazole rings is 1. The maximum absolute atomic E-state index is 12.8. The van der Waals surface area contributed by atoms with E-state index in [0.717, 1.165) is 41.1 Å². The standard InChI is InChI=1S/C21H25N7O/c1-13-11-28(14-6-3-4-7-14)19-17(27(2)20(13)29)10-22-21(26-19)25-16-9-5-8-15-18(16)24-12-23-15/h5,8-10,12-14H,3-4,6-7,11H2,1-2H3,(H,23,24)(H,22,25,26)/p+1. The fraction of sp³-hybridized carbons (Fsp3) is 0.429. The molecular formula is C21H26N7O+. The average Bonchev–Trinajstić information content (AvgIpc) is 3.41. The highest BCUT2D eigenvalue weighted by atomic mass is 16.2. The monoisotopic (exact) mass is 392 g/mol. The number of nitrogens with zero attached hydrogens (tertiary/aromatic N) is 5. The molecule has 1 fully saturated rings. The largest absolute Gasteiger partial charge is 0.351 e. The van der Waals surface area contributed by atoms with E-state index in [1.165, 1.54) is 12.8 Å². The zero-order valence-corrected chi connectivity index (χ0v) is 16.8. The number of anilines is 2. The number of fused-ring (bicyclic) bond motifs is 2. The van der Waals surface area contributed by atoms with E-state index in [1.807, 2.05) is 37.5 Å². The van der Waals surface area contributed by atoms with Crippen LogP contribution in [-0.4, -0.2) is 45.5 Å². The van der Waals surface area contributed by atoms with Crippen LogP contribution in [0.4, 0.5) is 23.1 Å². The van der Waals surface area contributed by atoms with Crippen LogP contribution in [0.15, 0.2) is 30.7 Å². The van der Waals surface area contributed by atoms with Crippen LogP contribution in [0.3, 0.4) is 0 Å². The Kier molecular flexibility index (Phi) is 4.43. The van der Waals surface area contributed by atoms with E-state index in [9.17, 15) is 4.79 Å². The van der Waals surface area contributed by atoms with Gasteiger partial charge in [-0.2, -0.15) is 9.97 Å². The molecule has 0 bridgehead atoms. The molecular weight excluding hydrogens is 366 g/mol. The molecule has 1 saturated carbocycles. The fourth-order valence-electron chi connectivity index (χ4n) is 4.59. The molecule has 1 aromatic carbocycles. The molecule has 8 nitrogen and oxygen atoms in total. The Morgan fingerprint density at radius 1 is 1.21 bits per heavy atom. The fourth-order valence-corrected chi connectivity index (χ4v) is 4.59. The van der Waals surface area contributed by atoms with Gasteiger partial charge >= 0.3 is 5.95 Å². The van der Waals surface area contributed by atoms with E-state index in [-0.39, 0.29) is 11.8 Å². The third-order valence-corrected chi connectivity index (χ3v) is 6.16. The van der Waals surface area contributed by atoms with Crippen LogP contribution in [0.1, 0.15) is 32.6 Å². The highest BCUT2D eigenvalue weighted by molar-refractivity contribution is 5.98. The Balaban J connectivity index is 1.56. The number of nitrogens with two attached hydrogens (primary N) is 1. The lowest BCUT2D eigenvalue weighted by atomic mass is 10.1. The minimum Gasteiger partial charge on any atom is -0.351 e. The quantitative estimate of drug-likeness (QED) is 0.667. The van der Waals surface area contributed by atoms with Crippen molar-refractivity contribution in [1.82, 2.24) is 19.9 Å². The molecule has 1 amide bonds. The average molecular weight is 392 g/mol. The minimum atomic E-state index is -0.0694. The molecule has 2 aromatic heterocycles. The van der Waals surface area contributed by atoms with Crippen LogP contribution in [-0.2, 0) is 4.79 Å². The molecule has 0 saturated heterocycles. The highest BCUT2D eigenvalue weighted by Gasteiger charge is 2.35. The molecule has 1 unspecified atom stereocenters. The van der Waals surface area contributed by atoms with E-state index >= 15 is 0 Å². The van der Waals surface area contributed by atoms with Gasteiger partial charge in [0.15, 0.2) is 11.5 Å². The SMILES string of the molecule is CC1CN(C2CCCC2)c2nc([NH2+]c3cccc4[nH]cnc34)ncc2N(C)C1=O. The zero-order valence-electron chi connectivity index (χ0n) is 16.8. The van der Waals surface area contributed by atoms with Crippen molar-refractivity contribution < 1.29 is 10.1 Å². The summed E-state index contributed by atoms with van der Waals surface area (Å²) in [5, 5.41) is 1.96. The second kappa shape index (κ2) is 7.11. The first-order valence-corrected chi connectivity index (χ1v) is 10.3. The molecule has 1 atom stereocenters. The first-order valence-electron chi connectivity index (χ1n) is 10.3. The zero-order chi connectivity index (χ0) is 20.0. The van der Waals surface area contributed by atoms with Gasteiger partial charge in [-0.25, -0.2) is 10.3 Å². The van der Waals surface area contributed by atoms with Crippen LogP contribution in [0.5, 0.6) is 0 Å². The molecule has 1 aliphatic heterocycles. The molecule has 2 aliphatic rings. The second-order valence-corrected chi connectivity index (χ2v) is 8.12. The minimum absolute atomic E-state index is 0.0694. The van der Waals surface area contributed by atoms with Crippen molar-refractivity contribution in [3.8, 4) is 0 Å². The van der Waals surface area contributed by atoms with Gasteiger partial charge in [0.1, 0.15) is 11.2 Å². The van der Waals surface area contributed by atoms with Gasteiger partial charge in [0.05, 0.1) is 24.0 Å². The topological polar surface area (TPSA) is 94.6 Å². The number of amides is 1. The number of hydrogen-bond acceptors (Lipinski definition) is 5. The number of carbonyl (C=O) groups is 1. The van der Waals surface area contributed by atoms with Gasteiger partial charge in [0.25, 0.3) is 0 Å². The van der Waals surface area contributed by atoms with E-state index in [2.05, 4.69) is 19.9 Å². The molecule has 5 rings (SSSR count). The van der Waals surface area contributed by atoms with Crippen molar-refractivity contribution in [3.63, 3.8) is 0 Å². The van der Waals surface area contributed by atoms with Gasteiger partial charge in [-0.3, -0.25) is 4.79 Å². The van der Waals surface area contributed by atoms with Crippen molar-refractivity contribution in [2.24, 2.45) is 5.92 Å². The van der Waals surface area contributed by atoms with Gasteiger partial charge in [0.2, 0.25) is 5.91 Å². The Morgan fingerprint density at radius 2 is 2.03 bits per heavy atom. The second-order valence-electron chi connectivity index (χ2n) is 8.12. The number of nitrogens with one attached hydrogen (secondary N) is 1. The van der Waals surface area contributed by atoms with Gasteiger partial charge in [-0.1, -0.05) is 25.8 Å². The summed E-state index contributed by atoms with van der Waals surface area (Å²) in [6.45, 7) is 2.71. The molecule has 1 aliphatic carbocycles. The number of aromatic amines is 1. The maximum atomic E-state index is 12.8. The number of carbonyl (C=O) groups excluding carboxylic acids is 1. The first-order chi connectivity index (χ1) is 14.1. The third kappa shape index (κ3) is 3.13. The van der Waals surface area contributed by atoms with E-state index in [0.29, 0.717) is 18.5 Å². The van der Waals surface area contributed by atoms with Crippen LogP contribution >= 0.6 is 0 Å². The van der Waals surface area contributed by atoms with Crippen LogP contribution in [0.25, 0.3) is 11.0 Å². The van der Waals surface area contributed by atoms with Crippen molar-refractivity contribution in [2.45, 2.75) is 38.6 Å². The lowest BCUT2D eigenvalue weighted by Crippen LogP contribution is -2.72. The number of H-pyrrole nitrogens is 1. The highest BCUT2D eigenvalue weighted by Crippen LogP contribution is 2.36. The Hall–Kier alpha value is -3.00. The number of rotatable bonds is 3.